The molecule has 3 aliphatic heterocycles. The highest BCUT2D eigenvalue weighted by molar-refractivity contribution is 7.86. The first-order chi connectivity index (χ1) is 12.0. The maximum atomic E-state index is 12.1. The summed E-state index contributed by atoms with van der Waals surface area (Å²) in [5.41, 5.74) is 2.23. The molecule has 0 radical (unpaired) electrons. The van der Waals surface area contributed by atoms with E-state index >= 15 is 0 Å². The van der Waals surface area contributed by atoms with E-state index < -0.39 is 15.9 Å². The van der Waals surface area contributed by atoms with Gasteiger partial charge in [0.05, 0.1) is 26.4 Å². The predicted octanol–water partition coefficient (Wildman–Crippen LogP) is 1.04. The topological polar surface area (TPSA) is 101 Å². The maximum Gasteiger partial charge on any atom is 0.301 e. The van der Waals surface area contributed by atoms with E-state index in [9.17, 15) is 13.0 Å². The summed E-state index contributed by atoms with van der Waals surface area (Å²) >= 11 is 0. The van der Waals surface area contributed by atoms with Crippen molar-refractivity contribution < 1.29 is 36.7 Å². The molecule has 25 heavy (non-hydrogen) atoms. The summed E-state index contributed by atoms with van der Waals surface area (Å²) < 4.78 is 61.9. The van der Waals surface area contributed by atoms with Crippen LogP contribution in [0.4, 0.5) is 0 Å². The summed E-state index contributed by atoms with van der Waals surface area (Å²) in [6.45, 7) is 1.74. The van der Waals surface area contributed by atoms with Gasteiger partial charge in [-0.05, 0) is 0 Å². The Morgan fingerprint density at radius 2 is 1.84 bits per heavy atom. The van der Waals surface area contributed by atoms with E-state index in [1.165, 1.54) is 7.11 Å². The molecule has 1 fully saturated rings. The lowest BCUT2D eigenvalue weighted by Crippen LogP contribution is -2.47. The second-order valence-electron chi connectivity index (χ2n) is 6.18. The van der Waals surface area contributed by atoms with Crippen molar-refractivity contribution in [3.05, 3.63) is 16.7 Å². The largest absolute Gasteiger partial charge is 0.491 e. The molecular weight excluding hydrogens is 352 g/mol. The average Bonchev–Trinajstić information content (AvgIpc) is 3.00. The van der Waals surface area contributed by atoms with Gasteiger partial charge in [0.15, 0.2) is 10.7 Å². The molecule has 0 amide bonds. The summed E-state index contributed by atoms with van der Waals surface area (Å²) in [5, 5.41) is 0. The van der Waals surface area contributed by atoms with Crippen molar-refractivity contribution in [2.24, 2.45) is 0 Å². The van der Waals surface area contributed by atoms with E-state index in [1.807, 2.05) is 0 Å². The van der Waals surface area contributed by atoms with E-state index in [0.29, 0.717) is 44.6 Å². The fraction of sp³-hybridized carbons (Fsp3) is 0.625. The molecule has 0 aromatic heterocycles. The van der Waals surface area contributed by atoms with Crippen LogP contribution in [0.25, 0.3) is 0 Å². The molecule has 8 nitrogen and oxygen atoms in total. The van der Waals surface area contributed by atoms with E-state index in [2.05, 4.69) is 0 Å². The third kappa shape index (κ3) is 2.61. The first-order valence-corrected chi connectivity index (χ1v) is 9.64. The van der Waals surface area contributed by atoms with Crippen LogP contribution in [0.2, 0.25) is 0 Å². The van der Waals surface area contributed by atoms with Gasteiger partial charge in [-0.1, -0.05) is 0 Å². The Hall–Kier alpha value is -1.39. The molecule has 3 aliphatic rings. The van der Waals surface area contributed by atoms with Crippen molar-refractivity contribution in [2.45, 2.75) is 29.9 Å². The zero-order chi connectivity index (χ0) is 17.7. The van der Waals surface area contributed by atoms with Crippen molar-refractivity contribution in [1.29, 1.82) is 0 Å². The molecule has 0 saturated carbocycles. The Morgan fingerprint density at radius 3 is 2.48 bits per heavy atom. The molecule has 3 heterocycles. The predicted molar refractivity (Wildman–Crippen MR) is 84.7 cm³/mol. The zero-order valence-electron chi connectivity index (χ0n) is 13.9. The standard InChI is InChI=1S/C16H20O8S/c1-20-8-9-22-14-11-3-6-23-16(4-7-24-16)12(11)10-2-5-21-13(10)15(14)25(17,18)19/h2-9H2,1H3,(H,17,18,19). The summed E-state index contributed by atoms with van der Waals surface area (Å²) in [6, 6.07) is 0. The number of ether oxygens (including phenoxy) is 5. The molecule has 1 unspecified atom stereocenters. The number of hydrogen-bond donors (Lipinski definition) is 1. The molecule has 0 aliphatic carbocycles. The molecule has 1 aromatic carbocycles. The average molecular weight is 372 g/mol. The van der Waals surface area contributed by atoms with E-state index in [-0.39, 0.29) is 29.6 Å². The van der Waals surface area contributed by atoms with Gasteiger partial charge >= 0.3 is 10.1 Å². The quantitative estimate of drug-likeness (QED) is 0.604. The zero-order valence-corrected chi connectivity index (χ0v) is 14.7. The monoisotopic (exact) mass is 372 g/mol. The molecule has 1 spiro atoms. The SMILES string of the molecule is COCCOc1c2c(c3c(c1S(=O)(=O)O)OCC3)C1(CCO1)OCC2. The minimum Gasteiger partial charge on any atom is -0.491 e. The van der Waals surface area contributed by atoms with Crippen LogP contribution in [0.15, 0.2) is 4.90 Å². The van der Waals surface area contributed by atoms with Gasteiger partial charge in [0, 0.05) is 43.1 Å². The van der Waals surface area contributed by atoms with Crippen molar-refractivity contribution in [2.75, 3.05) is 40.1 Å². The van der Waals surface area contributed by atoms with Crippen molar-refractivity contribution in [3.8, 4) is 11.5 Å². The van der Waals surface area contributed by atoms with E-state index in [0.717, 1.165) is 11.1 Å². The maximum absolute atomic E-state index is 12.1. The van der Waals surface area contributed by atoms with E-state index in [1.54, 1.807) is 0 Å². The van der Waals surface area contributed by atoms with Gasteiger partial charge < -0.3 is 23.7 Å². The lowest BCUT2D eigenvalue weighted by molar-refractivity contribution is -0.323. The minimum absolute atomic E-state index is 0.119. The number of hydrogen-bond acceptors (Lipinski definition) is 7. The Kier molecular flexibility index (Phi) is 4.16. The van der Waals surface area contributed by atoms with Crippen molar-refractivity contribution in [3.63, 3.8) is 0 Å². The normalized spacial score (nSPS) is 24.4. The van der Waals surface area contributed by atoms with Gasteiger partial charge in [-0.3, -0.25) is 4.55 Å². The Morgan fingerprint density at radius 1 is 1.12 bits per heavy atom. The summed E-state index contributed by atoms with van der Waals surface area (Å²) in [5.74, 6) is -0.593. The third-order valence-electron chi connectivity index (χ3n) is 4.79. The Bertz CT molecular complexity index is 797. The van der Waals surface area contributed by atoms with Gasteiger partial charge in [-0.2, -0.15) is 8.42 Å². The molecular formula is C16H20O8S. The van der Waals surface area contributed by atoms with Gasteiger partial charge in [0.25, 0.3) is 0 Å². The third-order valence-corrected chi connectivity index (χ3v) is 5.68. The molecule has 1 N–H and O–H groups in total. The molecule has 9 heteroatoms. The van der Waals surface area contributed by atoms with E-state index in [4.69, 9.17) is 23.7 Å². The molecule has 4 rings (SSSR count). The molecule has 1 atom stereocenters. The van der Waals surface area contributed by atoms with Crippen molar-refractivity contribution >= 4 is 10.1 Å². The highest BCUT2D eigenvalue weighted by Gasteiger charge is 2.50. The summed E-state index contributed by atoms with van der Waals surface area (Å²) in [4.78, 5) is -0.300. The van der Waals surface area contributed by atoms with Gasteiger partial charge in [0.2, 0.25) is 0 Å². The van der Waals surface area contributed by atoms with Crippen LogP contribution >= 0.6 is 0 Å². The molecule has 138 valence electrons. The lowest BCUT2D eigenvalue weighted by Gasteiger charge is -2.46. The van der Waals surface area contributed by atoms with Crippen LogP contribution in [-0.2, 0) is 43.0 Å². The van der Waals surface area contributed by atoms with Crippen LogP contribution in [0, 0.1) is 0 Å². The number of benzene rings is 1. The fourth-order valence-corrected chi connectivity index (χ4v) is 4.57. The molecule has 1 saturated heterocycles. The van der Waals surface area contributed by atoms with Crippen LogP contribution in [-0.4, -0.2) is 53.1 Å². The smallest absolute Gasteiger partial charge is 0.301 e. The summed E-state index contributed by atoms with van der Waals surface area (Å²) in [7, 11) is -3.00. The van der Waals surface area contributed by atoms with Crippen LogP contribution in [0.3, 0.4) is 0 Å². The molecule has 1 aromatic rings. The minimum atomic E-state index is -4.53. The first kappa shape index (κ1) is 17.0. The number of fused-ring (bicyclic) bond motifs is 4. The van der Waals surface area contributed by atoms with Crippen LogP contribution < -0.4 is 9.47 Å². The highest BCUT2D eigenvalue weighted by Crippen LogP contribution is 2.54. The summed E-state index contributed by atoms with van der Waals surface area (Å²) in [6.07, 6.45) is 1.70. The number of methoxy groups -OCH3 is 1. The Balaban J connectivity index is 1.96. The highest BCUT2D eigenvalue weighted by atomic mass is 32.2. The lowest BCUT2D eigenvalue weighted by atomic mass is 9.84. The first-order valence-electron chi connectivity index (χ1n) is 8.20. The Labute approximate surface area is 145 Å². The van der Waals surface area contributed by atoms with Gasteiger partial charge in [0.1, 0.15) is 18.1 Å². The fourth-order valence-electron chi connectivity index (χ4n) is 3.73. The number of rotatable bonds is 5. The molecule has 0 bridgehead atoms. The second kappa shape index (κ2) is 6.10. The van der Waals surface area contributed by atoms with Gasteiger partial charge in [-0.15, -0.1) is 0 Å². The van der Waals surface area contributed by atoms with Crippen molar-refractivity contribution in [1.82, 2.24) is 0 Å². The second-order valence-corrected chi connectivity index (χ2v) is 7.54. The van der Waals surface area contributed by atoms with Crippen LogP contribution in [0.1, 0.15) is 23.1 Å². The van der Waals surface area contributed by atoms with Crippen LogP contribution in [0.5, 0.6) is 11.5 Å². The van der Waals surface area contributed by atoms with Gasteiger partial charge in [-0.25, -0.2) is 0 Å².